The molecule has 4 heteroatoms. The van der Waals surface area contributed by atoms with Gasteiger partial charge in [0.2, 0.25) is 5.91 Å². The topological polar surface area (TPSA) is 66.6 Å². The van der Waals surface area contributed by atoms with Gasteiger partial charge in [-0.15, -0.1) is 0 Å². The van der Waals surface area contributed by atoms with E-state index in [4.69, 9.17) is 5.73 Å². The van der Waals surface area contributed by atoms with Crippen molar-refractivity contribution in [3.8, 4) is 0 Å². The number of primary amides is 1. The van der Waals surface area contributed by atoms with Gasteiger partial charge in [-0.3, -0.25) is 4.79 Å². The second-order valence-electron chi connectivity index (χ2n) is 3.13. The fourth-order valence-electron chi connectivity index (χ4n) is 1.42. The molecule has 0 aromatic rings. The number of likely N-dealkylation sites (tertiary alicyclic amines) is 1. The first-order valence-electron chi connectivity index (χ1n) is 3.77. The highest BCUT2D eigenvalue weighted by molar-refractivity contribution is 5.77. The van der Waals surface area contributed by atoms with Crippen molar-refractivity contribution in [2.45, 2.75) is 12.5 Å². The van der Waals surface area contributed by atoms with Crippen LogP contribution in [0.2, 0.25) is 0 Å². The van der Waals surface area contributed by atoms with Crippen molar-refractivity contribution in [1.29, 1.82) is 0 Å². The SMILES string of the molecule is CN1CCC(C(N)=O)C(O)C1. The number of piperidine rings is 1. The molecule has 1 aliphatic heterocycles. The number of aliphatic hydroxyl groups is 1. The van der Waals surface area contributed by atoms with Gasteiger partial charge in [0.15, 0.2) is 0 Å². The summed E-state index contributed by atoms with van der Waals surface area (Å²) >= 11 is 0. The lowest BCUT2D eigenvalue weighted by Crippen LogP contribution is -2.46. The Morgan fingerprint density at radius 3 is 2.82 bits per heavy atom. The van der Waals surface area contributed by atoms with Gasteiger partial charge in [-0.2, -0.15) is 0 Å². The summed E-state index contributed by atoms with van der Waals surface area (Å²) in [5.41, 5.74) is 5.09. The summed E-state index contributed by atoms with van der Waals surface area (Å²) < 4.78 is 0. The Morgan fingerprint density at radius 2 is 2.36 bits per heavy atom. The van der Waals surface area contributed by atoms with E-state index >= 15 is 0 Å². The number of rotatable bonds is 1. The van der Waals surface area contributed by atoms with E-state index in [2.05, 4.69) is 0 Å². The van der Waals surface area contributed by atoms with Crippen molar-refractivity contribution in [3.63, 3.8) is 0 Å². The Hall–Kier alpha value is -0.610. The lowest BCUT2D eigenvalue weighted by molar-refractivity contribution is -0.127. The molecule has 64 valence electrons. The number of carbonyl (C=O) groups is 1. The standard InChI is InChI=1S/C7H14N2O2/c1-9-3-2-5(7(8)11)6(10)4-9/h5-6,10H,2-4H2,1H3,(H2,8,11). The predicted octanol–water partition coefficient (Wildman–Crippen LogP) is -1.22. The molecule has 0 aliphatic carbocycles. The minimum atomic E-state index is -0.578. The zero-order chi connectivity index (χ0) is 8.43. The van der Waals surface area contributed by atoms with Crippen molar-refractivity contribution < 1.29 is 9.90 Å². The van der Waals surface area contributed by atoms with E-state index in [9.17, 15) is 9.90 Å². The van der Waals surface area contributed by atoms with Gasteiger partial charge in [0.05, 0.1) is 12.0 Å². The minimum Gasteiger partial charge on any atom is -0.391 e. The molecule has 0 aromatic carbocycles. The predicted molar refractivity (Wildman–Crippen MR) is 40.8 cm³/mol. The summed E-state index contributed by atoms with van der Waals surface area (Å²) in [4.78, 5) is 12.7. The molecule has 2 unspecified atom stereocenters. The van der Waals surface area contributed by atoms with Crippen LogP contribution in [-0.4, -0.2) is 42.2 Å². The van der Waals surface area contributed by atoms with E-state index in [1.165, 1.54) is 0 Å². The molecule has 0 saturated carbocycles. The Labute approximate surface area is 66.0 Å². The molecule has 1 amide bonds. The largest absolute Gasteiger partial charge is 0.391 e. The Bertz CT molecular complexity index is 161. The van der Waals surface area contributed by atoms with Crippen LogP contribution in [0.5, 0.6) is 0 Å². The average Bonchev–Trinajstić information content (AvgIpc) is 1.85. The second kappa shape index (κ2) is 3.19. The van der Waals surface area contributed by atoms with Crippen LogP contribution in [0, 0.1) is 5.92 Å². The highest BCUT2D eigenvalue weighted by Crippen LogP contribution is 2.15. The quantitative estimate of drug-likeness (QED) is 0.503. The van der Waals surface area contributed by atoms with Gasteiger partial charge >= 0.3 is 0 Å². The van der Waals surface area contributed by atoms with Gasteiger partial charge in [0.25, 0.3) is 0 Å². The smallest absolute Gasteiger partial charge is 0.223 e. The van der Waals surface area contributed by atoms with E-state index in [-0.39, 0.29) is 11.8 Å². The highest BCUT2D eigenvalue weighted by atomic mass is 16.3. The number of amides is 1. The molecule has 1 rings (SSSR count). The molecule has 11 heavy (non-hydrogen) atoms. The normalized spacial score (nSPS) is 33.6. The van der Waals surface area contributed by atoms with Gasteiger partial charge in [0.1, 0.15) is 0 Å². The summed E-state index contributed by atoms with van der Waals surface area (Å²) in [7, 11) is 1.92. The summed E-state index contributed by atoms with van der Waals surface area (Å²) in [6.07, 6.45) is 0.0961. The summed E-state index contributed by atoms with van der Waals surface area (Å²) in [6.45, 7) is 1.39. The van der Waals surface area contributed by atoms with Crippen molar-refractivity contribution in [2.75, 3.05) is 20.1 Å². The number of carbonyl (C=O) groups excluding carboxylic acids is 1. The van der Waals surface area contributed by atoms with Crippen molar-refractivity contribution in [3.05, 3.63) is 0 Å². The number of β-amino-alcohol motifs (C(OH)–C–C–N with tert-alkyl or cyclic N) is 1. The molecule has 1 heterocycles. The number of hydrogen-bond donors (Lipinski definition) is 2. The van der Waals surface area contributed by atoms with Gasteiger partial charge in [-0.25, -0.2) is 0 Å². The number of likely N-dealkylation sites (N-methyl/N-ethyl adjacent to an activating group) is 1. The van der Waals surface area contributed by atoms with E-state index < -0.39 is 6.10 Å². The van der Waals surface area contributed by atoms with E-state index in [1.54, 1.807) is 0 Å². The summed E-state index contributed by atoms with van der Waals surface area (Å²) in [5.74, 6) is -0.725. The number of nitrogens with zero attached hydrogens (tertiary/aromatic N) is 1. The molecule has 0 bridgehead atoms. The van der Waals surface area contributed by atoms with Crippen LogP contribution in [0.1, 0.15) is 6.42 Å². The van der Waals surface area contributed by atoms with Crippen LogP contribution in [0.4, 0.5) is 0 Å². The van der Waals surface area contributed by atoms with Crippen molar-refractivity contribution in [2.24, 2.45) is 11.7 Å². The first-order valence-corrected chi connectivity index (χ1v) is 3.77. The molecule has 1 fully saturated rings. The lowest BCUT2D eigenvalue weighted by atomic mass is 9.94. The molecular formula is C7H14N2O2. The molecule has 0 spiro atoms. The molecule has 2 atom stereocenters. The van der Waals surface area contributed by atoms with Crippen LogP contribution in [0.15, 0.2) is 0 Å². The molecule has 3 N–H and O–H groups in total. The Morgan fingerprint density at radius 1 is 1.73 bits per heavy atom. The van der Waals surface area contributed by atoms with E-state index in [0.29, 0.717) is 13.0 Å². The maximum atomic E-state index is 10.7. The Kier molecular flexibility index (Phi) is 2.46. The minimum absolute atomic E-state index is 0.341. The zero-order valence-electron chi connectivity index (χ0n) is 6.66. The lowest BCUT2D eigenvalue weighted by Gasteiger charge is -2.31. The van der Waals surface area contributed by atoms with E-state index in [0.717, 1.165) is 6.54 Å². The molecular weight excluding hydrogens is 144 g/mol. The van der Waals surface area contributed by atoms with Crippen LogP contribution < -0.4 is 5.73 Å². The van der Waals surface area contributed by atoms with Crippen LogP contribution in [-0.2, 0) is 4.79 Å². The maximum absolute atomic E-state index is 10.7. The molecule has 1 aliphatic rings. The Balaban J connectivity index is 2.50. The van der Waals surface area contributed by atoms with Gasteiger partial charge in [-0.05, 0) is 20.0 Å². The first kappa shape index (κ1) is 8.49. The van der Waals surface area contributed by atoms with Crippen LogP contribution in [0.25, 0.3) is 0 Å². The average molecular weight is 158 g/mol. The number of hydrogen-bond acceptors (Lipinski definition) is 3. The third-order valence-corrected chi connectivity index (χ3v) is 2.15. The van der Waals surface area contributed by atoms with Crippen LogP contribution in [0.3, 0.4) is 0 Å². The highest BCUT2D eigenvalue weighted by Gasteiger charge is 2.29. The molecule has 0 aromatic heterocycles. The first-order chi connectivity index (χ1) is 5.11. The summed E-state index contributed by atoms with van der Waals surface area (Å²) in [5, 5.41) is 9.37. The molecule has 0 radical (unpaired) electrons. The summed E-state index contributed by atoms with van der Waals surface area (Å²) in [6, 6.07) is 0. The van der Waals surface area contributed by atoms with Gasteiger partial charge < -0.3 is 15.7 Å². The van der Waals surface area contributed by atoms with Gasteiger partial charge in [0, 0.05) is 6.54 Å². The number of nitrogens with two attached hydrogens (primary N) is 1. The third kappa shape index (κ3) is 1.91. The fourth-order valence-corrected chi connectivity index (χ4v) is 1.42. The second-order valence-corrected chi connectivity index (χ2v) is 3.13. The number of aliphatic hydroxyl groups excluding tert-OH is 1. The van der Waals surface area contributed by atoms with Crippen molar-refractivity contribution >= 4 is 5.91 Å². The zero-order valence-corrected chi connectivity index (χ0v) is 6.66. The van der Waals surface area contributed by atoms with E-state index in [1.807, 2.05) is 11.9 Å². The third-order valence-electron chi connectivity index (χ3n) is 2.15. The molecule has 1 saturated heterocycles. The monoisotopic (exact) mass is 158 g/mol. The fraction of sp³-hybridized carbons (Fsp3) is 0.857. The van der Waals surface area contributed by atoms with Crippen LogP contribution >= 0.6 is 0 Å². The van der Waals surface area contributed by atoms with Gasteiger partial charge in [-0.1, -0.05) is 0 Å². The molecule has 4 nitrogen and oxygen atoms in total. The van der Waals surface area contributed by atoms with Crippen molar-refractivity contribution in [1.82, 2.24) is 4.90 Å². The maximum Gasteiger partial charge on any atom is 0.223 e.